The van der Waals surface area contributed by atoms with Crippen LogP contribution >= 0.6 is 0 Å². The average molecular weight is 470 g/mol. The van der Waals surface area contributed by atoms with Crippen molar-refractivity contribution in [2.24, 2.45) is 0 Å². The molecule has 4 heterocycles. The topological polar surface area (TPSA) is 118 Å². The average Bonchev–Trinajstić information content (AvgIpc) is 3.16. The Labute approximate surface area is 187 Å². The van der Waals surface area contributed by atoms with Crippen LogP contribution in [0.15, 0.2) is 24.5 Å². The predicted octanol–water partition coefficient (Wildman–Crippen LogP) is 2.65. The lowest BCUT2D eigenvalue weighted by Crippen LogP contribution is -2.67. The van der Waals surface area contributed by atoms with Gasteiger partial charge in [0, 0.05) is 24.4 Å². The van der Waals surface area contributed by atoms with Gasteiger partial charge in [0.1, 0.15) is 11.3 Å². The summed E-state index contributed by atoms with van der Waals surface area (Å²) < 4.78 is 43.8. The first-order valence-electron chi connectivity index (χ1n) is 10.3. The lowest BCUT2D eigenvalue weighted by Gasteiger charge is -2.52. The molecular formula is C21H25F3N4O5. The molecular weight excluding hydrogens is 445 g/mol. The number of aliphatic carboxylic acids is 1. The number of carbonyl (C=O) groups excluding carboxylic acids is 1. The summed E-state index contributed by atoms with van der Waals surface area (Å²) in [6, 6.07) is 5.96. The number of amides is 1. The number of rotatable bonds is 4. The Morgan fingerprint density at radius 3 is 2.61 bits per heavy atom. The van der Waals surface area contributed by atoms with Gasteiger partial charge in [0.15, 0.2) is 0 Å². The Morgan fingerprint density at radius 1 is 1.33 bits per heavy atom. The number of carboxylic acid groups (broad SMARTS) is 1. The summed E-state index contributed by atoms with van der Waals surface area (Å²) in [4.78, 5) is 34.8. The van der Waals surface area contributed by atoms with Crippen molar-refractivity contribution in [3.8, 4) is 0 Å². The van der Waals surface area contributed by atoms with E-state index in [1.165, 1.54) is 0 Å². The molecule has 1 spiro atoms. The van der Waals surface area contributed by atoms with Gasteiger partial charge in [-0.2, -0.15) is 13.2 Å². The number of hydrogen-bond acceptors (Lipinski definition) is 6. The third kappa shape index (κ3) is 6.29. The second kappa shape index (κ2) is 9.87. The number of alkyl halides is 3. The number of carboxylic acids is 1. The normalized spacial score (nSPS) is 19.4. The Kier molecular flexibility index (Phi) is 7.38. The van der Waals surface area contributed by atoms with Crippen molar-refractivity contribution in [2.45, 2.75) is 51.2 Å². The molecule has 2 aliphatic heterocycles. The number of imidazole rings is 1. The molecule has 2 fully saturated rings. The van der Waals surface area contributed by atoms with Gasteiger partial charge >= 0.3 is 12.1 Å². The van der Waals surface area contributed by atoms with Crippen LogP contribution in [0.4, 0.5) is 13.2 Å². The summed E-state index contributed by atoms with van der Waals surface area (Å²) in [5.74, 6) is -2.79. The highest BCUT2D eigenvalue weighted by atomic mass is 19.4. The molecule has 2 N–H and O–H groups in total. The van der Waals surface area contributed by atoms with Crippen LogP contribution in [-0.4, -0.2) is 74.4 Å². The van der Waals surface area contributed by atoms with Gasteiger partial charge in [0.25, 0.3) is 5.91 Å². The van der Waals surface area contributed by atoms with Crippen LogP contribution in [-0.2, 0) is 20.9 Å². The minimum absolute atomic E-state index is 0.0371. The maximum atomic E-state index is 12.5. The number of aromatic amines is 1. The minimum Gasteiger partial charge on any atom is -0.475 e. The van der Waals surface area contributed by atoms with E-state index in [0.29, 0.717) is 32.0 Å². The summed E-state index contributed by atoms with van der Waals surface area (Å²) in [7, 11) is 0. The van der Waals surface area contributed by atoms with E-state index in [-0.39, 0.29) is 17.6 Å². The zero-order valence-corrected chi connectivity index (χ0v) is 18.2. The van der Waals surface area contributed by atoms with Gasteiger partial charge < -0.3 is 24.5 Å². The van der Waals surface area contributed by atoms with E-state index in [0.717, 1.165) is 29.9 Å². The van der Waals surface area contributed by atoms with Crippen LogP contribution in [0.1, 0.15) is 40.4 Å². The highest BCUT2D eigenvalue weighted by molar-refractivity contribution is 5.94. The van der Waals surface area contributed by atoms with Crippen LogP contribution in [0.25, 0.3) is 0 Å². The fourth-order valence-electron chi connectivity index (χ4n) is 3.75. The monoisotopic (exact) mass is 470 g/mol. The van der Waals surface area contributed by atoms with Crippen LogP contribution < -0.4 is 0 Å². The third-order valence-electron chi connectivity index (χ3n) is 5.38. The summed E-state index contributed by atoms with van der Waals surface area (Å²) in [5, 5.41) is 7.12. The maximum absolute atomic E-state index is 12.5. The van der Waals surface area contributed by atoms with Gasteiger partial charge in [-0.15, -0.1) is 0 Å². The predicted molar refractivity (Wildman–Crippen MR) is 108 cm³/mol. The second-order valence-electron chi connectivity index (χ2n) is 8.07. The fraction of sp³-hybridized carbons (Fsp3) is 0.524. The summed E-state index contributed by atoms with van der Waals surface area (Å²) in [5.41, 5.74) is 2.96. The number of aromatic nitrogens is 3. The first-order valence-corrected chi connectivity index (χ1v) is 10.3. The molecule has 9 nitrogen and oxygen atoms in total. The molecule has 0 bridgehead atoms. The van der Waals surface area contributed by atoms with Crippen molar-refractivity contribution in [3.63, 3.8) is 0 Å². The number of halogens is 3. The van der Waals surface area contributed by atoms with Gasteiger partial charge in [-0.1, -0.05) is 6.07 Å². The van der Waals surface area contributed by atoms with Gasteiger partial charge in [-0.25, -0.2) is 9.78 Å². The van der Waals surface area contributed by atoms with E-state index < -0.39 is 12.1 Å². The molecule has 1 unspecified atom stereocenters. The molecule has 2 aromatic heterocycles. The standard InChI is InChI=1S/C19H24N4O3.C2HF3O2/c1-13-4-3-5-15(22-13)9-25-16-6-7-26-19(8-16)10-23(11-19)18(24)17-14(2)20-12-21-17;3-2(4,5)1(6)7/h3-5,12,16H,6-11H2,1-2H3,(H,20,21);(H,6,7). The SMILES string of the molecule is Cc1cccc(COC2CCOC3(C2)CN(C(=O)c2nc[nH]c2C)C3)n1.O=C(O)C(F)(F)F. The molecule has 12 heteroatoms. The lowest BCUT2D eigenvalue weighted by molar-refractivity contribution is -0.192. The Balaban J connectivity index is 0.000000383. The number of H-pyrrole nitrogens is 1. The zero-order chi connectivity index (χ0) is 24.2. The van der Waals surface area contributed by atoms with Gasteiger partial charge in [0.05, 0.1) is 37.8 Å². The number of aryl methyl sites for hydroxylation is 2. The first kappa shape index (κ1) is 24.6. The number of nitrogens with zero attached hydrogens (tertiary/aromatic N) is 3. The van der Waals surface area contributed by atoms with Gasteiger partial charge in [0.2, 0.25) is 0 Å². The quantitative estimate of drug-likeness (QED) is 0.705. The summed E-state index contributed by atoms with van der Waals surface area (Å²) in [6.45, 7) is 6.21. The molecule has 0 aromatic carbocycles. The van der Waals surface area contributed by atoms with E-state index >= 15 is 0 Å². The van der Waals surface area contributed by atoms with Crippen molar-refractivity contribution in [1.82, 2.24) is 19.9 Å². The third-order valence-corrected chi connectivity index (χ3v) is 5.38. The number of pyridine rings is 1. The fourth-order valence-corrected chi connectivity index (χ4v) is 3.75. The highest BCUT2D eigenvalue weighted by Gasteiger charge is 2.50. The summed E-state index contributed by atoms with van der Waals surface area (Å²) in [6.07, 6.45) is -1.71. The molecule has 2 aromatic rings. The van der Waals surface area contributed by atoms with E-state index in [4.69, 9.17) is 19.4 Å². The number of likely N-dealkylation sites (tertiary alicyclic amines) is 1. The molecule has 4 rings (SSSR count). The van der Waals surface area contributed by atoms with Crippen molar-refractivity contribution < 1.29 is 37.3 Å². The Morgan fingerprint density at radius 2 is 2.03 bits per heavy atom. The Hall–Kier alpha value is -2.99. The molecule has 2 aliphatic rings. The molecule has 180 valence electrons. The van der Waals surface area contributed by atoms with Crippen molar-refractivity contribution in [2.75, 3.05) is 19.7 Å². The number of ether oxygens (including phenoxy) is 2. The largest absolute Gasteiger partial charge is 0.490 e. The molecule has 1 amide bonds. The summed E-state index contributed by atoms with van der Waals surface area (Å²) >= 11 is 0. The zero-order valence-electron chi connectivity index (χ0n) is 18.2. The number of nitrogens with one attached hydrogen (secondary N) is 1. The number of hydrogen-bond donors (Lipinski definition) is 2. The second-order valence-corrected chi connectivity index (χ2v) is 8.07. The number of carbonyl (C=O) groups is 2. The smallest absolute Gasteiger partial charge is 0.475 e. The van der Waals surface area contributed by atoms with E-state index in [2.05, 4.69) is 15.0 Å². The van der Waals surface area contributed by atoms with Crippen LogP contribution in [0.2, 0.25) is 0 Å². The van der Waals surface area contributed by atoms with E-state index in [1.807, 2.05) is 32.0 Å². The Bertz CT molecular complexity index is 988. The van der Waals surface area contributed by atoms with Crippen molar-refractivity contribution in [1.29, 1.82) is 0 Å². The van der Waals surface area contributed by atoms with E-state index in [9.17, 15) is 18.0 Å². The van der Waals surface area contributed by atoms with Crippen molar-refractivity contribution in [3.05, 3.63) is 47.3 Å². The molecule has 2 saturated heterocycles. The molecule has 0 aliphatic carbocycles. The van der Waals surface area contributed by atoms with Crippen LogP contribution in [0.3, 0.4) is 0 Å². The van der Waals surface area contributed by atoms with Crippen LogP contribution in [0, 0.1) is 13.8 Å². The first-order chi connectivity index (χ1) is 15.5. The van der Waals surface area contributed by atoms with Crippen LogP contribution in [0.5, 0.6) is 0 Å². The maximum Gasteiger partial charge on any atom is 0.490 e. The van der Waals surface area contributed by atoms with Crippen molar-refractivity contribution >= 4 is 11.9 Å². The molecule has 0 saturated carbocycles. The van der Waals surface area contributed by atoms with Gasteiger partial charge in [-0.3, -0.25) is 9.78 Å². The van der Waals surface area contributed by atoms with Gasteiger partial charge in [-0.05, 0) is 32.4 Å². The molecule has 33 heavy (non-hydrogen) atoms. The molecule has 0 radical (unpaired) electrons. The molecule has 1 atom stereocenters. The lowest BCUT2D eigenvalue weighted by atomic mass is 9.84. The van der Waals surface area contributed by atoms with E-state index in [1.54, 1.807) is 11.2 Å². The minimum atomic E-state index is -5.08. The highest BCUT2D eigenvalue weighted by Crippen LogP contribution is 2.36.